The smallest absolute Gasteiger partial charge is 0.278 e. The minimum absolute atomic E-state index is 0.0215. The lowest BCUT2D eigenvalue weighted by Gasteiger charge is -2.09. The van der Waals surface area contributed by atoms with Crippen LogP contribution in [0, 0.1) is 17.0 Å². The number of halogens is 1. The SMILES string of the molecule is Cc1ccc(NC(=O)Cn2ccc3c([N+](=O)[O-])cccc32)c(Cl)c1. The Balaban J connectivity index is 1.83. The third kappa shape index (κ3) is 3.09. The summed E-state index contributed by atoms with van der Waals surface area (Å²) in [5.74, 6) is -0.259. The van der Waals surface area contributed by atoms with Crippen molar-refractivity contribution >= 4 is 39.8 Å². The zero-order chi connectivity index (χ0) is 17.3. The average Bonchev–Trinajstić information content (AvgIpc) is 2.93. The van der Waals surface area contributed by atoms with Crippen LogP contribution in [0.1, 0.15) is 5.56 Å². The van der Waals surface area contributed by atoms with Gasteiger partial charge < -0.3 is 9.88 Å². The van der Waals surface area contributed by atoms with E-state index < -0.39 is 4.92 Å². The molecule has 1 N–H and O–H groups in total. The number of rotatable bonds is 4. The first-order valence-corrected chi connectivity index (χ1v) is 7.62. The molecule has 0 saturated heterocycles. The van der Waals surface area contributed by atoms with Crippen molar-refractivity contribution in [3.05, 3.63) is 69.4 Å². The summed E-state index contributed by atoms with van der Waals surface area (Å²) in [6.45, 7) is 1.95. The second-order valence-corrected chi connectivity index (χ2v) is 5.85. The van der Waals surface area contributed by atoms with Gasteiger partial charge >= 0.3 is 0 Å². The Kier molecular flexibility index (Phi) is 4.22. The van der Waals surface area contributed by atoms with Crippen LogP contribution in [-0.4, -0.2) is 15.4 Å². The number of fused-ring (bicyclic) bond motifs is 1. The van der Waals surface area contributed by atoms with Gasteiger partial charge in [-0.15, -0.1) is 0 Å². The number of nitro benzene ring substituents is 1. The predicted molar refractivity (Wildman–Crippen MR) is 93.4 cm³/mol. The second kappa shape index (κ2) is 6.33. The molecule has 0 aliphatic carbocycles. The summed E-state index contributed by atoms with van der Waals surface area (Å²) in [6.07, 6.45) is 1.66. The molecule has 1 amide bonds. The number of nitrogens with one attached hydrogen (secondary N) is 1. The van der Waals surface area contributed by atoms with Crippen LogP contribution in [0.2, 0.25) is 5.02 Å². The van der Waals surface area contributed by atoms with Crippen molar-refractivity contribution in [2.75, 3.05) is 5.32 Å². The third-order valence-electron chi connectivity index (χ3n) is 3.70. The first-order chi connectivity index (χ1) is 11.5. The molecule has 7 heteroatoms. The number of carbonyl (C=O) groups is 1. The van der Waals surface area contributed by atoms with Crippen molar-refractivity contribution in [3.8, 4) is 0 Å². The van der Waals surface area contributed by atoms with Crippen LogP contribution in [0.3, 0.4) is 0 Å². The molecule has 6 nitrogen and oxygen atoms in total. The van der Waals surface area contributed by atoms with E-state index in [0.717, 1.165) is 5.56 Å². The highest BCUT2D eigenvalue weighted by molar-refractivity contribution is 6.33. The molecule has 0 fully saturated rings. The fourth-order valence-corrected chi connectivity index (χ4v) is 2.85. The van der Waals surface area contributed by atoms with E-state index in [2.05, 4.69) is 5.32 Å². The average molecular weight is 344 g/mol. The fraction of sp³-hybridized carbons (Fsp3) is 0.118. The molecule has 24 heavy (non-hydrogen) atoms. The van der Waals surface area contributed by atoms with Gasteiger partial charge in [-0.1, -0.05) is 23.7 Å². The minimum atomic E-state index is -0.432. The number of nitro groups is 1. The lowest BCUT2D eigenvalue weighted by atomic mass is 10.2. The lowest BCUT2D eigenvalue weighted by molar-refractivity contribution is -0.383. The summed E-state index contributed by atoms with van der Waals surface area (Å²) in [6, 6.07) is 11.8. The van der Waals surface area contributed by atoms with Gasteiger partial charge in [-0.3, -0.25) is 14.9 Å². The van der Waals surface area contributed by atoms with Crippen LogP contribution in [0.4, 0.5) is 11.4 Å². The number of aryl methyl sites for hydroxylation is 1. The Hall–Kier alpha value is -2.86. The summed E-state index contributed by atoms with van der Waals surface area (Å²) in [7, 11) is 0. The number of nitrogens with zero attached hydrogens (tertiary/aromatic N) is 2. The first kappa shape index (κ1) is 16.0. The quantitative estimate of drug-likeness (QED) is 0.571. The van der Waals surface area contributed by atoms with E-state index in [4.69, 9.17) is 11.6 Å². The van der Waals surface area contributed by atoms with E-state index in [9.17, 15) is 14.9 Å². The van der Waals surface area contributed by atoms with E-state index in [-0.39, 0.29) is 18.1 Å². The Morgan fingerprint density at radius 1 is 1.29 bits per heavy atom. The highest BCUT2D eigenvalue weighted by atomic mass is 35.5. The summed E-state index contributed by atoms with van der Waals surface area (Å²) >= 11 is 6.11. The van der Waals surface area contributed by atoms with E-state index in [1.807, 2.05) is 13.0 Å². The number of benzene rings is 2. The molecule has 0 atom stereocenters. The van der Waals surface area contributed by atoms with Gasteiger partial charge in [-0.25, -0.2) is 0 Å². The maximum absolute atomic E-state index is 12.3. The first-order valence-electron chi connectivity index (χ1n) is 7.24. The molecule has 0 aliphatic heterocycles. The van der Waals surface area contributed by atoms with Crippen LogP contribution >= 0.6 is 11.6 Å². The van der Waals surface area contributed by atoms with Gasteiger partial charge in [0.2, 0.25) is 5.91 Å². The standard InChI is InChI=1S/C17H14ClN3O3/c1-11-5-6-14(13(18)9-11)19-17(22)10-20-8-7-12-15(20)3-2-4-16(12)21(23)24/h2-9H,10H2,1H3,(H,19,22). The zero-order valence-electron chi connectivity index (χ0n) is 12.8. The molecule has 2 aromatic carbocycles. The maximum atomic E-state index is 12.3. The molecule has 1 aromatic heterocycles. The molecule has 0 saturated carbocycles. The molecule has 3 aromatic rings. The summed E-state index contributed by atoms with van der Waals surface area (Å²) in [5, 5.41) is 14.8. The Bertz CT molecular complexity index is 949. The summed E-state index contributed by atoms with van der Waals surface area (Å²) in [4.78, 5) is 22.9. The second-order valence-electron chi connectivity index (χ2n) is 5.44. The van der Waals surface area contributed by atoms with Gasteiger partial charge in [0.1, 0.15) is 6.54 Å². The monoisotopic (exact) mass is 343 g/mol. The molecule has 0 bridgehead atoms. The van der Waals surface area contributed by atoms with E-state index in [0.29, 0.717) is 21.6 Å². The zero-order valence-corrected chi connectivity index (χ0v) is 13.6. The van der Waals surface area contributed by atoms with E-state index >= 15 is 0 Å². The summed E-state index contributed by atoms with van der Waals surface area (Å²) in [5.41, 5.74) is 2.19. The van der Waals surface area contributed by atoms with Gasteiger partial charge in [0.05, 0.1) is 26.5 Å². The number of carbonyl (C=O) groups excluding carboxylic acids is 1. The number of hydrogen-bond acceptors (Lipinski definition) is 3. The van der Waals surface area contributed by atoms with E-state index in [1.165, 1.54) is 6.07 Å². The number of aromatic nitrogens is 1. The van der Waals surface area contributed by atoms with Gasteiger partial charge in [0.25, 0.3) is 5.69 Å². The van der Waals surface area contributed by atoms with Crippen LogP contribution in [0.5, 0.6) is 0 Å². The predicted octanol–water partition coefficient (Wildman–Crippen LogP) is 4.15. The number of hydrogen-bond donors (Lipinski definition) is 1. The fourth-order valence-electron chi connectivity index (χ4n) is 2.57. The van der Waals surface area contributed by atoms with Gasteiger partial charge in [0, 0.05) is 12.3 Å². The summed E-state index contributed by atoms with van der Waals surface area (Å²) < 4.78 is 1.67. The van der Waals surface area contributed by atoms with Crippen LogP contribution in [-0.2, 0) is 11.3 Å². The van der Waals surface area contributed by atoms with Crippen molar-refractivity contribution in [2.45, 2.75) is 13.5 Å². The molecule has 122 valence electrons. The highest BCUT2D eigenvalue weighted by Gasteiger charge is 2.15. The number of amides is 1. The molecule has 3 rings (SSSR count). The van der Waals surface area contributed by atoms with Crippen molar-refractivity contribution in [1.82, 2.24) is 4.57 Å². The number of anilines is 1. The molecular weight excluding hydrogens is 330 g/mol. The van der Waals surface area contributed by atoms with Gasteiger partial charge in [0.15, 0.2) is 0 Å². The Morgan fingerprint density at radius 3 is 2.79 bits per heavy atom. The van der Waals surface area contributed by atoms with Crippen molar-refractivity contribution in [1.29, 1.82) is 0 Å². The van der Waals surface area contributed by atoms with Crippen LogP contribution in [0.15, 0.2) is 48.7 Å². The lowest BCUT2D eigenvalue weighted by Crippen LogP contribution is -2.18. The van der Waals surface area contributed by atoms with Crippen molar-refractivity contribution in [2.24, 2.45) is 0 Å². The van der Waals surface area contributed by atoms with Crippen LogP contribution < -0.4 is 5.32 Å². The number of non-ortho nitro benzene ring substituents is 1. The maximum Gasteiger partial charge on any atom is 0.278 e. The largest absolute Gasteiger partial charge is 0.338 e. The van der Waals surface area contributed by atoms with Crippen LogP contribution in [0.25, 0.3) is 10.9 Å². The molecule has 0 unspecified atom stereocenters. The normalized spacial score (nSPS) is 10.8. The molecule has 0 spiro atoms. The Morgan fingerprint density at radius 2 is 2.08 bits per heavy atom. The van der Waals surface area contributed by atoms with Gasteiger partial charge in [-0.05, 0) is 36.8 Å². The molecule has 0 radical (unpaired) electrons. The molecular formula is C17H14ClN3O3. The molecule has 0 aliphatic rings. The molecule has 1 heterocycles. The van der Waals surface area contributed by atoms with E-state index in [1.54, 1.807) is 41.1 Å². The minimum Gasteiger partial charge on any atom is -0.338 e. The topological polar surface area (TPSA) is 77.2 Å². The third-order valence-corrected chi connectivity index (χ3v) is 4.01. The highest BCUT2D eigenvalue weighted by Crippen LogP contribution is 2.27. The Labute approximate surface area is 142 Å². The van der Waals surface area contributed by atoms with Gasteiger partial charge in [-0.2, -0.15) is 0 Å². The van der Waals surface area contributed by atoms with Crippen molar-refractivity contribution < 1.29 is 9.72 Å². The van der Waals surface area contributed by atoms with Crippen molar-refractivity contribution in [3.63, 3.8) is 0 Å².